The molecule has 4 unspecified atom stereocenters. The quantitative estimate of drug-likeness (QED) is 0.422. The zero-order valence-corrected chi connectivity index (χ0v) is 17.8. The molecule has 2 aliphatic carbocycles. The maximum atomic E-state index is 6.93. The predicted octanol–water partition coefficient (Wildman–Crippen LogP) is 6.83. The van der Waals surface area contributed by atoms with Crippen molar-refractivity contribution in [3.63, 3.8) is 0 Å². The van der Waals surface area contributed by atoms with Crippen LogP contribution < -0.4 is 0 Å². The summed E-state index contributed by atoms with van der Waals surface area (Å²) >= 11 is 0. The molecule has 24 heavy (non-hydrogen) atoms. The summed E-state index contributed by atoms with van der Waals surface area (Å²) in [6.07, 6.45) is 14.8. The third-order valence-corrected chi connectivity index (χ3v) is 11.2. The van der Waals surface area contributed by atoms with Gasteiger partial charge in [0.15, 0.2) is 0 Å². The second-order valence-electron chi connectivity index (χ2n) is 8.70. The van der Waals surface area contributed by atoms with Crippen molar-refractivity contribution >= 4 is 8.56 Å². The molecule has 0 N–H and O–H groups in total. The molecule has 0 aromatic rings. The lowest BCUT2D eigenvalue weighted by Gasteiger charge is -2.46. The van der Waals surface area contributed by atoms with Gasteiger partial charge in [-0.2, -0.15) is 0 Å². The van der Waals surface area contributed by atoms with E-state index in [4.69, 9.17) is 8.85 Å². The van der Waals surface area contributed by atoms with E-state index >= 15 is 0 Å². The largest absolute Gasteiger partial charge is 0.394 e. The van der Waals surface area contributed by atoms with E-state index < -0.39 is 8.56 Å². The number of hydrogen-bond acceptors (Lipinski definition) is 2. The van der Waals surface area contributed by atoms with Crippen molar-refractivity contribution in [1.82, 2.24) is 0 Å². The molecule has 142 valence electrons. The van der Waals surface area contributed by atoms with Gasteiger partial charge in [0.25, 0.3) is 0 Å². The average Bonchev–Trinajstić information content (AvgIpc) is 2.62. The van der Waals surface area contributed by atoms with Gasteiger partial charge in [-0.15, -0.1) is 0 Å². The molecule has 2 rings (SSSR count). The lowest BCUT2D eigenvalue weighted by Crippen LogP contribution is -2.53. The Labute approximate surface area is 152 Å². The molecule has 0 aromatic carbocycles. The summed E-state index contributed by atoms with van der Waals surface area (Å²) in [6.45, 7) is 11.2. The van der Waals surface area contributed by atoms with Gasteiger partial charge in [0, 0.05) is 24.3 Å². The molecule has 2 fully saturated rings. The summed E-state index contributed by atoms with van der Waals surface area (Å²) in [7, 11) is -2.14. The van der Waals surface area contributed by atoms with Crippen LogP contribution in [0.4, 0.5) is 0 Å². The molecule has 2 saturated carbocycles. The van der Waals surface area contributed by atoms with Crippen molar-refractivity contribution in [2.75, 3.05) is 13.2 Å². The van der Waals surface area contributed by atoms with E-state index in [0.717, 1.165) is 36.6 Å². The third kappa shape index (κ3) is 5.31. The van der Waals surface area contributed by atoms with Gasteiger partial charge in [0.2, 0.25) is 0 Å². The monoisotopic (exact) mass is 354 g/mol. The van der Waals surface area contributed by atoms with E-state index in [2.05, 4.69) is 27.7 Å². The third-order valence-electron chi connectivity index (χ3n) is 6.50. The molecule has 0 bridgehead atoms. The van der Waals surface area contributed by atoms with Crippen LogP contribution in [0.15, 0.2) is 0 Å². The Morgan fingerprint density at radius 1 is 0.917 bits per heavy atom. The molecular formula is C21H42O2Si. The minimum atomic E-state index is -2.14. The summed E-state index contributed by atoms with van der Waals surface area (Å²) in [5.74, 6) is 1.52. The summed E-state index contributed by atoms with van der Waals surface area (Å²) < 4.78 is 13.7. The molecule has 4 atom stereocenters. The van der Waals surface area contributed by atoms with Gasteiger partial charge in [0.1, 0.15) is 0 Å². The number of hydrogen-bond donors (Lipinski definition) is 0. The fourth-order valence-electron chi connectivity index (χ4n) is 4.80. The van der Waals surface area contributed by atoms with Crippen LogP contribution in [-0.4, -0.2) is 21.8 Å². The fraction of sp³-hybridized carbons (Fsp3) is 1.00. The molecule has 0 radical (unpaired) electrons. The topological polar surface area (TPSA) is 18.5 Å². The zero-order chi connectivity index (χ0) is 17.4. The van der Waals surface area contributed by atoms with E-state index in [0.29, 0.717) is 5.92 Å². The summed E-state index contributed by atoms with van der Waals surface area (Å²) in [6, 6.07) is 0. The maximum absolute atomic E-state index is 6.93. The average molecular weight is 355 g/mol. The van der Waals surface area contributed by atoms with Crippen molar-refractivity contribution in [2.45, 2.75) is 109 Å². The molecule has 0 amide bonds. The first-order chi connectivity index (χ1) is 11.6. The SMILES string of the molecule is CCCO[Si](OCC(C)CC)(C1CCCCC1)C1CCCC(C)C1. The van der Waals surface area contributed by atoms with E-state index in [1.165, 1.54) is 64.2 Å². The van der Waals surface area contributed by atoms with Crippen LogP contribution in [-0.2, 0) is 8.85 Å². The van der Waals surface area contributed by atoms with Gasteiger partial charge in [-0.1, -0.05) is 66.2 Å². The summed E-state index contributed by atoms with van der Waals surface area (Å²) in [4.78, 5) is 0. The molecule has 0 spiro atoms. The van der Waals surface area contributed by atoms with Crippen LogP contribution in [0.25, 0.3) is 0 Å². The smallest absolute Gasteiger partial charge is 0.344 e. The van der Waals surface area contributed by atoms with Gasteiger partial charge < -0.3 is 8.85 Å². The minimum Gasteiger partial charge on any atom is -0.394 e. The Morgan fingerprint density at radius 3 is 2.25 bits per heavy atom. The normalized spacial score (nSPS) is 30.0. The van der Waals surface area contributed by atoms with Crippen LogP contribution in [0.2, 0.25) is 11.1 Å². The van der Waals surface area contributed by atoms with E-state index in [1.54, 1.807) is 0 Å². The number of rotatable bonds is 9. The van der Waals surface area contributed by atoms with Crippen LogP contribution in [0.1, 0.15) is 98.3 Å². The lowest BCUT2D eigenvalue weighted by atomic mass is 9.90. The second kappa shape index (κ2) is 10.3. The Balaban J connectivity index is 2.21. The van der Waals surface area contributed by atoms with Crippen molar-refractivity contribution in [3.8, 4) is 0 Å². The van der Waals surface area contributed by atoms with Gasteiger partial charge in [0.05, 0.1) is 0 Å². The standard InChI is InChI=1S/C21H42O2Si/c1-5-15-22-24(23-17-18(3)6-2,20-12-8-7-9-13-20)21-14-10-11-19(4)16-21/h18-21H,5-17H2,1-4H3. The first-order valence-electron chi connectivity index (χ1n) is 10.9. The predicted molar refractivity (Wildman–Crippen MR) is 106 cm³/mol. The van der Waals surface area contributed by atoms with Crippen LogP contribution in [0.5, 0.6) is 0 Å². The molecule has 0 heterocycles. The fourth-order valence-corrected chi connectivity index (χ4v) is 10.1. The van der Waals surface area contributed by atoms with Crippen LogP contribution >= 0.6 is 0 Å². The van der Waals surface area contributed by atoms with Crippen LogP contribution in [0.3, 0.4) is 0 Å². The molecule has 2 aliphatic rings. The highest BCUT2D eigenvalue weighted by Gasteiger charge is 2.53. The molecule has 0 saturated heterocycles. The molecule has 0 aromatic heterocycles. The van der Waals surface area contributed by atoms with E-state index in [-0.39, 0.29) is 0 Å². The Morgan fingerprint density at radius 2 is 1.62 bits per heavy atom. The van der Waals surface area contributed by atoms with Crippen molar-refractivity contribution in [1.29, 1.82) is 0 Å². The lowest BCUT2D eigenvalue weighted by molar-refractivity contribution is 0.114. The zero-order valence-electron chi connectivity index (χ0n) is 16.8. The highest BCUT2D eigenvalue weighted by atomic mass is 28.4. The van der Waals surface area contributed by atoms with E-state index in [9.17, 15) is 0 Å². The van der Waals surface area contributed by atoms with Gasteiger partial charge >= 0.3 is 8.56 Å². The maximum Gasteiger partial charge on any atom is 0.344 e. The first kappa shape index (κ1) is 20.4. The minimum absolute atomic E-state index is 0.659. The highest BCUT2D eigenvalue weighted by Crippen LogP contribution is 2.50. The van der Waals surface area contributed by atoms with Crippen molar-refractivity contribution < 1.29 is 8.85 Å². The second-order valence-corrected chi connectivity index (χ2v) is 12.4. The molecule has 3 heteroatoms. The summed E-state index contributed by atoms with van der Waals surface area (Å²) in [5.41, 5.74) is 1.48. The van der Waals surface area contributed by atoms with Crippen molar-refractivity contribution in [3.05, 3.63) is 0 Å². The van der Waals surface area contributed by atoms with E-state index in [1.807, 2.05) is 0 Å². The Kier molecular flexibility index (Phi) is 8.80. The Bertz CT molecular complexity index is 343. The summed E-state index contributed by atoms with van der Waals surface area (Å²) in [5, 5.41) is 0. The Hall–Kier alpha value is 0.137. The molecule has 0 aliphatic heterocycles. The van der Waals surface area contributed by atoms with Crippen LogP contribution in [0, 0.1) is 11.8 Å². The first-order valence-corrected chi connectivity index (χ1v) is 12.9. The van der Waals surface area contributed by atoms with Gasteiger partial charge in [-0.3, -0.25) is 0 Å². The molecular weight excluding hydrogens is 312 g/mol. The highest BCUT2D eigenvalue weighted by molar-refractivity contribution is 6.70. The van der Waals surface area contributed by atoms with Gasteiger partial charge in [-0.05, 0) is 43.9 Å². The van der Waals surface area contributed by atoms with Crippen molar-refractivity contribution in [2.24, 2.45) is 11.8 Å². The molecule has 2 nitrogen and oxygen atoms in total. The van der Waals surface area contributed by atoms with Gasteiger partial charge in [-0.25, -0.2) is 0 Å².